The van der Waals surface area contributed by atoms with Gasteiger partial charge in [-0.05, 0) is 12.5 Å². The van der Waals surface area contributed by atoms with Crippen molar-refractivity contribution < 1.29 is 9.59 Å². The molecule has 116 valence electrons. The fraction of sp³-hybridized carbons (Fsp3) is 0.231. The van der Waals surface area contributed by atoms with Gasteiger partial charge in [-0.25, -0.2) is 4.79 Å². The van der Waals surface area contributed by atoms with E-state index in [2.05, 4.69) is 20.8 Å². The number of rotatable bonds is 5. The lowest BCUT2D eigenvalue weighted by Crippen LogP contribution is -2.42. The number of urea groups is 1. The molecular formula is C13H15N5O2S2. The Kier molecular flexibility index (Phi) is 5.73. The van der Waals surface area contributed by atoms with Gasteiger partial charge in [0.15, 0.2) is 4.34 Å². The molecule has 0 saturated heterocycles. The molecule has 2 aromatic rings. The second-order valence-electron chi connectivity index (χ2n) is 4.32. The Bertz CT molecular complexity index is 647. The molecule has 2 rings (SSSR count). The summed E-state index contributed by atoms with van der Waals surface area (Å²) in [5, 5.41) is 12.3. The summed E-state index contributed by atoms with van der Waals surface area (Å²) in [4.78, 5) is 23.6. The van der Waals surface area contributed by atoms with Gasteiger partial charge in [0.1, 0.15) is 0 Å². The van der Waals surface area contributed by atoms with Crippen molar-refractivity contribution >= 4 is 40.2 Å². The maximum Gasteiger partial charge on any atom is 0.321 e. The number of benzene rings is 1. The highest BCUT2D eigenvalue weighted by Gasteiger charge is 2.18. The average molecular weight is 337 g/mol. The van der Waals surface area contributed by atoms with Crippen LogP contribution in [-0.4, -0.2) is 27.4 Å². The fourth-order valence-corrected chi connectivity index (χ4v) is 3.29. The van der Waals surface area contributed by atoms with E-state index in [1.807, 2.05) is 30.3 Å². The van der Waals surface area contributed by atoms with Crippen molar-refractivity contribution in [2.24, 2.45) is 0 Å². The fourth-order valence-electron chi connectivity index (χ4n) is 1.51. The lowest BCUT2D eigenvalue weighted by molar-refractivity contribution is -0.119. The third-order valence-corrected chi connectivity index (χ3v) is 4.54. The number of nitrogen functional groups attached to an aromatic ring is 1. The van der Waals surface area contributed by atoms with Gasteiger partial charge in [0.2, 0.25) is 11.0 Å². The second-order valence-corrected chi connectivity index (χ2v) is 6.92. The normalized spacial score (nSPS) is 11.7. The molecule has 1 atom stereocenters. The van der Waals surface area contributed by atoms with Crippen molar-refractivity contribution in [2.75, 3.05) is 5.73 Å². The van der Waals surface area contributed by atoms with E-state index < -0.39 is 17.2 Å². The van der Waals surface area contributed by atoms with Gasteiger partial charge in [-0.2, -0.15) is 0 Å². The molecule has 22 heavy (non-hydrogen) atoms. The molecule has 0 radical (unpaired) electrons. The molecule has 1 aromatic carbocycles. The summed E-state index contributed by atoms with van der Waals surface area (Å²) in [7, 11) is 0. The summed E-state index contributed by atoms with van der Waals surface area (Å²) in [6.07, 6.45) is 0. The quantitative estimate of drug-likeness (QED) is 0.715. The number of carbonyl (C=O) groups is 2. The molecule has 0 fully saturated rings. The largest absolute Gasteiger partial charge is 0.374 e. The third kappa shape index (κ3) is 5.01. The van der Waals surface area contributed by atoms with Crippen molar-refractivity contribution in [1.82, 2.24) is 20.8 Å². The minimum absolute atomic E-state index is 0.343. The van der Waals surface area contributed by atoms with E-state index >= 15 is 0 Å². The number of amides is 3. The number of imide groups is 1. The first-order valence-electron chi connectivity index (χ1n) is 6.43. The molecule has 3 amide bonds. The number of nitrogens with zero attached hydrogens (tertiary/aromatic N) is 2. The number of nitrogens with one attached hydrogen (secondary N) is 2. The number of nitrogens with two attached hydrogens (primary N) is 1. The second kappa shape index (κ2) is 7.76. The van der Waals surface area contributed by atoms with Crippen LogP contribution in [-0.2, 0) is 11.3 Å². The van der Waals surface area contributed by atoms with Gasteiger partial charge >= 0.3 is 6.03 Å². The van der Waals surface area contributed by atoms with Gasteiger partial charge < -0.3 is 11.1 Å². The molecule has 1 heterocycles. The summed E-state index contributed by atoms with van der Waals surface area (Å²) in [6.45, 7) is 2.04. The molecular weight excluding hydrogens is 322 g/mol. The summed E-state index contributed by atoms with van der Waals surface area (Å²) >= 11 is 2.40. The zero-order chi connectivity index (χ0) is 15.9. The molecule has 0 bridgehead atoms. The molecule has 0 saturated carbocycles. The van der Waals surface area contributed by atoms with E-state index in [1.54, 1.807) is 6.92 Å². The third-order valence-electron chi connectivity index (χ3n) is 2.60. The van der Waals surface area contributed by atoms with E-state index in [9.17, 15) is 9.59 Å². The number of aromatic nitrogens is 2. The SMILES string of the molecule is C[C@@H](Sc1nnc(N)s1)C(=O)NC(=O)NCc1ccccc1. The van der Waals surface area contributed by atoms with Gasteiger partial charge in [-0.1, -0.05) is 53.4 Å². The van der Waals surface area contributed by atoms with E-state index in [-0.39, 0.29) is 0 Å². The van der Waals surface area contributed by atoms with Crippen molar-refractivity contribution in [2.45, 2.75) is 23.1 Å². The highest BCUT2D eigenvalue weighted by Crippen LogP contribution is 2.27. The van der Waals surface area contributed by atoms with Gasteiger partial charge in [-0.15, -0.1) is 10.2 Å². The number of hydrogen-bond acceptors (Lipinski definition) is 7. The van der Waals surface area contributed by atoms with Crippen LogP contribution in [0.5, 0.6) is 0 Å². The predicted molar refractivity (Wildman–Crippen MR) is 86.5 cm³/mol. The lowest BCUT2D eigenvalue weighted by Gasteiger charge is -2.10. The Morgan fingerprint density at radius 1 is 1.32 bits per heavy atom. The molecule has 0 aliphatic carbocycles. The highest BCUT2D eigenvalue weighted by atomic mass is 32.2. The summed E-state index contributed by atoms with van der Waals surface area (Å²) in [5.74, 6) is -0.399. The molecule has 0 unspecified atom stereocenters. The van der Waals surface area contributed by atoms with Crippen LogP contribution in [0.25, 0.3) is 0 Å². The van der Waals surface area contributed by atoms with E-state index in [4.69, 9.17) is 5.73 Å². The summed E-state index contributed by atoms with van der Waals surface area (Å²) in [5.41, 5.74) is 6.43. The van der Waals surface area contributed by atoms with Crippen molar-refractivity contribution in [1.29, 1.82) is 0 Å². The monoisotopic (exact) mass is 337 g/mol. The van der Waals surface area contributed by atoms with Gasteiger partial charge in [0, 0.05) is 6.54 Å². The van der Waals surface area contributed by atoms with Crippen molar-refractivity contribution in [3.8, 4) is 0 Å². The first-order chi connectivity index (χ1) is 10.5. The molecule has 0 spiro atoms. The molecule has 4 N–H and O–H groups in total. The summed E-state index contributed by atoms with van der Waals surface area (Å²) in [6, 6.07) is 8.91. The molecule has 1 aromatic heterocycles. The minimum atomic E-state index is -0.530. The Balaban J connectivity index is 1.76. The van der Waals surface area contributed by atoms with Crippen LogP contribution in [0.15, 0.2) is 34.7 Å². The van der Waals surface area contributed by atoms with E-state index in [0.717, 1.165) is 5.56 Å². The standard InChI is InChI=1S/C13H15N5O2S2/c1-8(21-13-18-17-11(14)22-13)10(19)16-12(20)15-7-9-5-3-2-4-6-9/h2-6,8H,7H2,1H3,(H2,14,17)(H2,15,16,19,20)/t8-/m1/s1. The first kappa shape index (κ1) is 16.2. The van der Waals surface area contributed by atoms with Crippen LogP contribution in [0, 0.1) is 0 Å². The maximum atomic E-state index is 11.9. The Labute approximate surface area is 135 Å². The Morgan fingerprint density at radius 3 is 2.68 bits per heavy atom. The topological polar surface area (TPSA) is 110 Å². The highest BCUT2D eigenvalue weighted by molar-refractivity contribution is 8.02. The summed E-state index contributed by atoms with van der Waals surface area (Å²) < 4.78 is 0.588. The maximum absolute atomic E-state index is 11.9. The van der Waals surface area contributed by atoms with Crippen LogP contribution in [0.4, 0.5) is 9.93 Å². The van der Waals surface area contributed by atoms with Crippen LogP contribution >= 0.6 is 23.1 Å². The molecule has 7 nitrogen and oxygen atoms in total. The first-order valence-corrected chi connectivity index (χ1v) is 8.12. The lowest BCUT2D eigenvalue weighted by atomic mass is 10.2. The number of anilines is 1. The van der Waals surface area contributed by atoms with Gasteiger partial charge in [-0.3, -0.25) is 10.1 Å². The Hall–Kier alpha value is -2.13. The minimum Gasteiger partial charge on any atom is -0.374 e. The smallest absolute Gasteiger partial charge is 0.321 e. The van der Waals surface area contributed by atoms with Gasteiger partial charge in [0.25, 0.3) is 0 Å². The molecule has 9 heteroatoms. The number of thioether (sulfide) groups is 1. The zero-order valence-electron chi connectivity index (χ0n) is 11.8. The van der Waals surface area contributed by atoms with E-state index in [1.165, 1.54) is 23.1 Å². The molecule has 0 aliphatic heterocycles. The van der Waals surface area contributed by atoms with Crippen LogP contribution < -0.4 is 16.4 Å². The van der Waals surface area contributed by atoms with Crippen LogP contribution in [0.2, 0.25) is 0 Å². The predicted octanol–water partition coefficient (Wildman–Crippen LogP) is 1.63. The zero-order valence-corrected chi connectivity index (χ0v) is 13.4. The van der Waals surface area contributed by atoms with Crippen molar-refractivity contribution in [3.63, 3.8) is 0 Å². The van der Waals surface area contributed by atoms with Crippen LogP contribution in [0.1, 0.15) is 12.5 Å². The van der Waals surface area contributed by atoms with Crippen LogP contribution in [0.3, 0.4) is 0 Å². The number of hydrogen-bond donors (Lipinski definition) is 3. The van der Waals surface area contributed by atoms with Gasteiger partial charge in [0.05, 0.1) is 5.25 Å². The van der Waals surface area contributed by atoms with Crippen molar-refractivity contribution in [3.05, 3.63) is 35.9 Å². The van der Waals surface area contributed by atoms with E-state index in [0.29, 0.717) is 16.0 Å². The average Bonchev–Trinajstić information content (AvgIpc) is 2.91. The molecule has 0 aliphatic rings. The Morgan fingerprint density at radius 2 is 2.05 bits per heavy atom. The number of carbonyl (C=O) groups excluding carboxylic acids is 2.